The number of H-pyrrole nitrogens is 1. The number of nitrogens with zero attached hydrogens (tertiary/aromatic N) is 3. The van der Waals surface area contributed by atoms with Gasteiger partial charge in [0.1, 0.15) is 5.01 Å². The number of aromatic amines is 1. The molecule has 5 nitrogen and oxygen atoms in total. The van der Waals surface area contributed by atoms with E-state index in [0.717, 1.165) is 40.8 Å². The van der Waals surface area contributed by atoms with Gasteiger partial charge in [-0.15, -0.1) is 10.2 Å². The Morgan fingerprint density at radius 1 is 1.44 bits per heavy atom. The van der Waals surface area contributed by atoms with E-state index in [1.54, 1.807) is 17.5 Å². The van der Waals surface area contributed by atoms with Gasteiger partial charge in [-0.05, 0) is 13.5 Å². The molecule has 0 atom stereocenters. The van der Waals surface area contributed by atoms with E-state index in [2.05, 4.69) is 32.6 Å². The molecular weight excluding hydrogens is 222 g/mol. The summed E-state index contributed by atoms with van der Waals surface area (Å²) in [5, 5.41) is 20.5. The summed E-state index contributed by atoms with van der Waals surface area (Å²) in [6, 6.07) is 0. The summed E-state index contributed by atoms with van der Waals surface area (Å²) >= 11 is 1.63. The average molecular weight is 237 g/mol. The topological polar surface area (TPSA) is 66.5 Å². The minimum absolute atomic E-state index is 0.933. The molecule has 0 aliphatic heterocycles. The van der Waals surface area contributed by atoms with Crippen molar-refractivity contribution in [3.63, 3.8) is 0 Å². The van der Waals surface area contributed by atoms with Crippen LogP contribution in [0.3, 0.4) is 0 Å². The molecule has 0 radical (unpaired) electrons. The van der Waals surface area contributed by atoms with Gasteiger partial charge in [0.2, 0.25) is 0 Å². The van der Waals surface area contributed by atoms with Gasteiger partial charge in [0.05, 0.1) is 11.8 Å². The highest BCUT2D eigenvalue weighted by Crippen LogP contribution is 2.24. The summed E-state index contributed by atoms with van der Waals surface area (Å²) in [5.74, 6) is 0. The van der Waals surface area contributed by atoms with Crippen molar-refractivity contribution in [2.75, 3.05) is 13.1 Å². The van der Waals surface area contributed by atoms with Crippen LogP contribution in [0.4, 0.5) is 0 Å². The van der Waals surface area contributed by atoms with Gasteiger partial charge in [-0.1, -0.05) is 18.3 Å². The lowest BCUT2D eigenvalue weighted by Crippen LogP contribution is -2.15. The third-order valence-electron chi connectivity index (χ3n) is 2.29. The molecule has 6 heteroatoms. The van der Waals surface area contributed by atoms with E-state index < -0.39 is 0 Å². The van der Waals surface area contributed by atoms with Crippen LogP contribution in [-0.2, 0) is 6.42 Å². The van der Waals surface area contributed by atoms with Crippen molar-refractivity contribution < 1.29 is 0 Å². The van der Waals surface area contributed by atoms with Gasteiger partial charge in [-0.3, -0.25) is 5.10 Å². The number of nitrogens with one attached hydrogen (secondary N) is 2. The van der Waals surface area contributed by atoms with Gasteiger partial charge in [0.25, 0.3) is 0 Å². The fourth-order valence-corrected chi connectivity index (χ4v) is 2.31. The number of aryl methyl sites for hydroxylation is 1. The first-order valence-electron chi connectivity index (χ1n) is 5.34. The molecule has 0 aromatic carbocycles. The van der Waals surface area contributed by atoms with Crippen molar-refractivity contribution in [3.8, 4) is 10.6 Å². The van der Waals surface area contributed by atoms with Gasteiger partial charge < -0.3 is 5.32 Å². The van der Waals surface area contributed by atoms with E-state index in [9.17, 15) is 0 Å². The molecule has 2 aromatic rings. The Balaban J connectivity index is 2.05. The Morgan fingerprint density at radius 3 is 3.00 bits per heavy atom. The van der Waals surface area contributed by atoms with Crippen molar-refractivity contribution in [1.29, 1.82) is 0 Å². The van der Waals surface area contributed by atoms with E-state index >= 15 is 0 Å². The molecule has 2 rings (SSSR count). The van der Waals surface area contributed by atoms with Crippen LogP contribution in [0.5, 0.6) is 0 Å². The molecule has 0 amide bonds. The molecule has 0 spiro atoms. The maximum atomic E-state index is 4.18. The SMILES string of the molecule is CCNCCc1nnc(-c2cn[nH]c2C)s1. The third-order valence-corrected chi connectivity index (χ3v) is 3.31. The first-order valence-corrected chi connectivity index (χ1v) is 6.16. The van der Waals surface area contributed by atoms with E-state index in [1.807, 2.05) is 6.92 Å². The fraction of sp³-hybridized carbons (Fsp3) is 0.500. The second-order valence-electron chi connectivity index (χ2n) is 3.51. The zero-order valence-corrected chi connectivity index (χ0v) is 10.3. The molecule has 16 heavy (non-hydrogen) atoms. The maximum absolute atomic E-state index is 4.18. The van der Waals surface area contributed by atoms with E-state index in [0.29, 0.717) is 0 Å². The molecular formula is C10H15N5S. The summed E-state index contributed by atoms with van der Waals surface area (Å²) < 4.78 is 0. The highest BCUT2D eigenvalue weighted by molar-refractivity contribution is 7.14. The van der Waals surface area contributed by atoms with Crippen molar-refractivity contribution in [2.45, 2.75) is 20.3 Å². The number of hydrogen-bond acceptors (Lipinski definition) is 5. The van der Waals surface area contributed by atoms with Crippen molar-refractivity contribution in [2.24, 2.45) is 0 Å². The Labute approximate surface area is 98.3 Å². The molecule has 2 heterocycles. The van der Waals surface area contributed by atoms with Crippen LogP contribution >= 0.6 is 11.3 Å². The lowest BCUT2D eigenvalue weighted by atomic mass is 10.3. The van der Waals surface area contributed by atoms with Crippen LogP contribution in [0.15, 0.2) is 6.20 Å². The van der Waals surface area contributed by atoms with Gasteiger partial charge in [-0.2, -0.15) is 5.10 Å². The molecule has 0 fully saturated rings. The van der Waals surface area contributed by atoms with Crippen molar-refractivity contribution in [1.82, 2.24) is 25.7 Å². The quantitative estimate of drug-likeness (QED) is 0.771. The zero-order valence-electron chi connectivity index (χ0n) is 9.45. The highest BCUT2D eigenvalue weighted by Gasteiger charge is 2.09. The molecule has 2 N–H and O–H groups in total. The van der Waals surface area contributed by atoms with Crippen LogP contribution in [-0.4, -0.2) is 33.5 Å². The number of aromatic nitrogens is 4. The van der Waals surface area contributed by atoms with Crippen LogP contribution < -0.4 is 5.32 Å². The van der Waals surface area contributed by atoms with Crippen molar-refractivity contribution in [3.05, 3.63) is 16.9 Å². The molecule has 0 aliphatic rings. The fourth-order valence-electron chi connectivity index (χ4n) is 1.40. The minimum Gasteiger partial charge on any atom is -0.317 e. The smallest absolute Gasteiger partial charge is 0.151 e. The number of hydrogen-bond donors (Lipinski definition) is 2. The first kappa shape index (κ1) is 11.2. The zero-order chi connectivity index (χ0) is 11.4. The summed E-state index contributed by atoms with van der Waals surface area (Å²) in [6.45, 7) is 6.03. The van der Waals surface area contributed by atoms with Crippen molar-refractivity contribution >= 4 is 11.3 Å². The maximum Gasteiger partial charge on any atom is 0.151 e. The summed E-state index contributed by atoms with van der Waals surface area (Å²) in [7, 11) is 0. The predicted octanol–water partition coefficient (Wildman–Crippen LogP) is 1.39. The van der Waals surface area contributed by atoms with E-state index in [4.69, 9.17) is 0 Å². The molecule has 0 saturated heterocycles. The molecule has 0 unspecified atom stereocenters. The monoisotopic (exact) mass is 237 g/mol. The predicted molar refractivity (Wildman–Crippen MR) is 64.5 cm³/mol. The number of likely N-dealkylation sites (N-methyl/N-ethyl adjacent to an activating group) is 1. The lowest BCUT2D eigenvalue weighted by Gasteiger charge is -1.95. The van der Waals surface area contributed by atoms with Crippen LogP contribution in [0.1, 0.15) is 17.6 Å². The molecule has 86 valence electrons. The normalized spacial score (nSPS) is 10.9. The highest BCUT2D eigenvalue weighted by atomic mass is 32.1. The first-order chi connectivity index (χ1) is 7.81. The molecule has 0 bridgehead atoms. The molecule has 2 aromatic heterocycles. The summed E-state index contributed by atoms with van der Waals surface area (Å²) in [4.78, 5) is 0. The minimum atomic E-state index is 0.933. The van der Waals surface area contributed by atoms with E-state index in [1.165, 1.54) is 0 Å². The van der Waals surface area contributed by atoms with Gasteiger partial charge in [-0.25, -0.2) is 0 Å². The van der Waals surface area contributed by atoms with Gasteiger partial charge in [0.15, 0.2) is 5.01 Å². The Hall–Kier alpha value is -1.27. The summed E-state index contributed by atoms with van der Waals surface area (Å²) in [5.41, 5.74) is 2.08. The van der Waals surface area contributed by atoms with Crippen LogP contribution in [0, 0.1) is 6.92 Å². The van der Waals surface area contributed by atoms with Gasteiger partial charge in [0, 0.05) is 18.7 Å². The second kappa shape index (κ2) is 5.18. The van der Waals surface area contributed by atoms with Crippen LogP contribution in [0.2, 0.25) is 0 Å². The number of rotatable bonds is 5. The van der Waals surface area contributed by atoms with E-state index in [-0.39, 0.29) is 0 Å². The molecule has 0 aliphatic carbocycles. The molecule has 0 saturated carbocycles. The van der Waals surface area contributed by atoms with Gasteiger partial charge >= 0.3 is 0 Å². The Morgan fingerprint density at radius 2 is 2.31 bits per heavy atom. The second-order valence-corrected chi connectivity index (χ2v) is 4.58. The lowest BCUT2D eigenvalue weighted by molar-refractivity contribution is 0.710. The largest absolute Gasteiger partial charge is 0.317 e. The Kier molecular flexibility index (Phi) is 3.63. The third kappa shape index (κ3) is 2.45. The average Bonchev–Trinajstić information content (AvgIpc) is 2.87. The summed E-state index contributed by atoms with van der Waals surface area (Å²) in [6.07, 6.45) is 2.73. The van der Waals surface area contributed by atoms with Crippen LogP contribution in [0.25, 0.3) is 10.6 Å². The standard InChI is InChI=1S/C10H15N5S/c1-3-11-5-4-9-14-15-10(16-9)8-6-12-13-7(8)2/h6,11H,3-5H2,1-2H3,(H,12,13). The Bertz CT molecular complexity index is 448.